The van der Waals surface area contributed by atoms with Crippen LogP contribution in [0.25, 0.3) is 10.9 Å². The standard InChI is InChI=1S/C10H9F3N2O/c11-10(12,13)9(14)6-1-2-7-5(8(6)16)3-4-15-7/h1-4,9,15-16H,14H2/t9-/m1/s1. The lowest BCUT2D eigenvalue weighted by Gasteiger charge is -2.17. The van der Waals surface area contributed by atoms with Gasteiger partial charge in [0, 0.05) is 22.7 Å². The normalized spacial score (nSPS) is 14.2. The van der Waals surface area contributed by atoms with Crippen LogP contribution in [0.2, 0.25) is 0 Å². The van der Waals surface area contributed by atoms with Gasteiger partial charge in [0.2, 0.25) is 0 Å². The predicted molar refractivity (Wildman–Crippen MR) is 52.9 cm³/mol. The Hall–Kier alpha value is -1.69. The first-order valence-corrected chi connectivity index (χ1v) is 4.52. The van der Waals surface area contributed by atoms with E-state index in [-0.39, 0.29) is 5.56 Å². The van der Waals surface area contributed by atoms with Crippen molar-refractivity contribution in [3.8, 4) is 5.75 Å². The molecule has 0 unspecified atom stereocenters. The van der Waals surface area contributed by atoms with Crippen molar-refractivity contribution >= 4 is 10.9 Å². The van der Waals surface area contributed by atoms with Gasteiger partial charge in [-0.1, -0.05) is 6.07 Å². The lowest BCUT2D eigenvalue weighted by atomic mass is 10.0. The molecule has 1 heterocycles. The number of alkyl halides is 3. The van der Waals surface area contributed by atoms with Gasteiger partial charge >= 0.3 is 6.18 Å². The summed E-state index contributed by atoms with van der Waals surface area (Å²) in [5, 5.41) is 10.0. The molecule has 0 saturated heterocycles. The number of aromatic amines is 1. The Balaban J connectivity index is 2.57. The van der Waals surface area contributed by atoms with Gasteiger partial charge in [-0.3, -0.25) is 0 Å². The van der Waals surface area contributed by atoms with Crippen LogP contribution in [0.5, 0.6) is 5.75 Å². The zero-order valence-corrected chi connectivity index (χ0v) is 8.05. The second-order valence-corrected chi connectivity index (χ2v) is 3.46. The molecule has 1 atom stereocenters. The van der Waals surface area contributed by atoms with Crippen molar-refractivity contribution in [1.82, 2.24) is 4.98 Å². The number of phenols is 1. The van der Waals surface area contributed by atoms with E-state index in [4.69, 9.17) is 5.73 Å². The van der Waals surface area contributed by atoms with Crippen LogP contribution in [0.1, 0.15) is 11.6 Å². The third-order valence-corrected chi connectivity index (χ3v) is 2.42. The molecule has 6 heteroatoms. The van der Waals surface area contributed by atoms with Gasteiger partial charge in [0.1, 0.15) is 11.8 Å². The van der Waals surface area contributed by atoms with E-state index >= 15 is 0 Å². The van der Waals surface area contributed by atoms with Gasteiger partial charge in [-0.2, -0.15) is 13.2 Å². The van der Waals surface area contributed by atoms with Crippen LogP contribution in [0.4, 0.5) is 13.2 Å². The van der Waals surface area contributed by atoms with Crippen LogP contribution < -0.4 is 5.73 Å². The summed E-state index contributed by atoms with van der Waals surface area (Å²) in [7, 11) is 0. The van der Waals surface area contributed by atoms with Crippen molar-refractivity contribution in [2.75, 3.05) is 0 Å². The Morgan fingerprint density at radius 1 is 1.25 bits per heavy atom. The van der Waals surface area contributed by atoms with Crippen molar-refractivity contribution < 1.29 is 18.3 Å². The fourth-order valence-corrected chi connectivity index (χ4v) is 1.56. The number of phenolic OH excluding ortho intramolecular Hbond substituents is 1. The second-order valence-electron chi connectivity index (χ2n) is 3.46. The van der Waals surface area contributed by atoms with Crippen LogP contribution in [-0.2, 0) is 0 Å². The van der Waals surface area contributed by atoms with Crippen molar-refractivity contribution in [2.45, 2.75) is 12.2 Å². The minimum Gasteiger partial charge on any atom is -0.507 e. The third kappa shape index (κ3) is 1.61. The molecule has 0 spiro atoms. The molecule has 0 bridgehead atoms. The van der Waals surface area contributed by atoms with Crippen molar-refractivity contribution in [3.63, 3.8) is 0 Å². The van der Waals surface area contributed by atoms with E-state index in [9.17, 15) is 18.3 Å². The molecule has 4 N–H and O–H groups in total. The number of H-pyrrole nitrogens is 1. The molecule has 0 aliphatic heterocycles. The number of benzene rings is 1. The number of hydrogen-bond acceptors (Lipinski definition) is 2. The van der Waals surface area contributed by atoms with Crippen LogP contribution >= 0.6 is 0 Å². The number of hydrogen-bond donors (Lipinski definition) is 3. The van der Waals surface area contributed by atoms with Gasteiger partial charge in [0.05, 0.1) is 0 Å². The fourth-order valence-electron chi connectivity index (χ4n) is 1.56. The molecule has 0 amide bonds. The number of halogens is 3. The maximum Gasteiger partial charge on any atom is 0.407 e. The Morgan fingerprint density at radius 3 is 2.56 bits per heavy atom. The van der Waals surface area contributed by atoms with Gasteiger partial charge in [-0.05, 0) is 12.1 Å². The highest BCUT2D eigenvalue weighted by Crippen LogP contribution is 2.38. The zero-order valence-electron chi connectivity index (χ0n) is 8.05. The Kier molecular flexibility index (Phi) is 2.31. The van der Waals surface area contributed by atoms with E-state index in [0.29, 0.717) is 10.9 Å². The smallest absolute Gasteiger partial charge is 0.407 e. The van der Waals surface area contributed by atoms with Crippen LogP contribution in [0, 0.1) is 0 Å². The predicted octanol–water partition coefficient (Wildman–Crippen LogP) is 2.44. The number of rotatable bonds is 1. The number of nitrogens with one attached hydrogen (secondary N) is 1. The van der Waals surface area contributed by atoms with E-state index in [2.05, 4.69) is 4.98 Å². The summed E-state index contributed by atoms with van der Waals surface area (Å²) in [5.74, 6) is -0.427. The highest BCUT2D eigenvalue weighted by Gasteiger charge is 2.39. The second kappa shape index (κ2) is 3.41. The maximum atomic E-state index is 12.4. The molecule has 3 nitrogen and oxygen atoms in total. The zero-order chi connectivity index (χ0) is 11.9. The summed E-state index contributed by atoms with van der Waals surface area (Å²) in [5.41, 5.74) is 5.28. The Labute approximate surface area is 88.7 Å². The Bertz CT molecular complexity index is 518. The molecular formula is C10H9F3N2O. The van der Waals surface area contributed by atoms with Crippen LogP contribution in [0.15, 0.2) is 24.4 Å². The van der Waals surface area contributed by atoms with E-state index in [1.165, 1.54) is 24.4 Å². The van der Waals surface area contributed by atoms with Crippen molar-refractivity contribution in [3.05, 3.63) is 30.0 Å². The highest BCUT2D eigenvalue weighted by molar-refractivity contribution is 5.87. The molecular weight excluding hydrogens is 221 g/mol. The summed E-state index contributed by atoms with van der Waals surface area (Å²) in [6.07, 6.45) is -3.03. The Morgan fingerprint density at radius 2 is 1.94 bits per heavy atom. The van der Waals surface area contributed by atoms with Gasteiger partial charge in [0.15, 0.2) is 0 Å². The largest absolute Gasteiger partial charge is 0.507 e. The molecule has 0 saturated carbocycles. The van der Waals surface area contributed by atoms with Gasteiger partial charge in [-0.15, -0.1) is 0 Å². The monoisotopic (exact) mass is 230 g/mol. The van der Waals surface area contributed by atoms with Crippen molar-refractivity contribution in [2.24, 2.45) is 5.73 Å². The molecule has 2 rings (SSSR count). The lowest BCUT2D eigenvalue weighted by Crippen LogP contribution is -2.28. The summed E-state index contributed by atoms with van der Waals surface area (Å²) in [6, 6.07) is 1.95. The summed E-state index contributed by atoms with van der Waals surface area (Å²) >= 11 is 0. The van der Waals surface area contributed by atoms with E-state index < -0.39 is 18.0 Å². The molecule has 16 heavy (non-hydrogen) atoms. The first-order chi connectivity index (χ1) is 7.41. The number of fused-ring (bicyclic) bond motifs is 1. The SMILES string of the molecule is N[C@H](c1ccc2[nH]ccc2c1O)C(F)(F)F. The van der Waals surface area contributed by atoms with E-state index in [1.54, 1.807) is 0 Å². The molecule has 0 radical (unpaired) electrons. The summed E-state index contributed by atoms with van der Waals surface area (Å²) < 4.78 is 37.2. The molecule has 86 valence electrons. The summed E-state index contributed by atoms with van der Waals surface area (Å²) in [4.78, 5) is 2.78. The quantitative estimate of drug-likeness (QED) is 0.704. The topological polar surface area (TPSA) is 62.0 Å². The number of aromatic hydroxyl groups is 1. The third-order valence-electron chi connectivity index (χ3n) is 2.42. The van der Waals surface area contributed by atoms with Gasteiger partial charge in [0.25, 0.3) is 0 Å². The minimum absolute atomic E-state index is 0.320. The average molecular weight is 230 g/mol. The average Bonchev–Trinajstić information content (AvgIpc) is 2.64. The van der Waals surface area contributed by atoms with E-state index in [1.807, 2.05) is 0 Å². The van der Waals surface area contributed by atoms with Gasteiger partial charge in [-0.25, -0.2) is 0 Å². The minimum atomic E-state index is -4.57. The molecule has 0 aliphatic rings. The van der Waals surface area contributed by atoms with Crippen LogP contribution in [-0.4, -0.2) is 16.3 Å². The summed E-state index contributed by atoms with van der Waals surface area (Å²) in [6.45, 7) is 0. The lowest BCUT2D eigenvalue weighted by molar-refractivity contribution is -0.149. The maximum absolute atomic E-state index is 12.4. The molecule has 0 aliphatic carbocycles. The molecule has 0 fully saturated rings. The van der Waals surface area contributed by atoms with Crippen LogP contribution in [0.3, 0.4) is 0 Å². The molecule has 2 aromatic rings. The highest BCUT2D eigenvalue weighted by atomic mass is 19.4. The molecule has 1 aromatic heterocycles. The fraction of sp³-hybridized carbons (Fsp3) is 0.200. The van der Waals surface area contributed by atoms with Gasteiger partial charge < -0.3 is 15.8 Å². The van der Waals surface area contributed by atoms with Crippen molar-refractivity contribution in [1.29, 1.82) is 0 Å². The number of nitrogens with two attached hydrogens (primary N) is 1. The number of aromatic nitrogens is 1. The van der Waals surface area contributed by atoms with E-state index in [0.717, 1.165) is 0 Å². The first-order valence-electron chi connectivity index (χ1n) is 4.52. The first kappa shape index (κ1) is 10.8. The molecule has 1 aromatic carbocycles.